The maximum absolute atomic E-state index is 9.19. The lowest BCUT2D eigenvalue weighted by atomic mass is 10.1. The van der Waals surface area contributed by atoms with E-state index in [1.807, 2.05) is 12.1 Å². The van der Waals surface area contributed by atoms with Crippen molar-refractivity contribution in [1.82, 2.24) is 0 Å². The molecule has 78 valence electrons. The van der Waals surface area contributed by atoms with Crippen molar-refractivity contribution >= 4 is 13.2 Å². The molecule has 1 aromatic rings. The summed E-state index contributed by atoms with van der Waals surface area (Å²) in [5.74, 6) is 0. The third kappa shape index (κ3) is 3.03. The second kappa shape index (κ2) is 4.85. The van der Waals surface area contributed by atoms with Crippen LogP contribution in [-0.4, -0.2) is 14.7 Å². The molecule has 1 rings (SSSR count). The lowest BCUT2D eigenvalue weighted by Gasteiger charge is -2.08. The molecule has 14 heavy (non-hydrogen) atoms. The number of hydrogen-bond donors (Lipinski definition) is 3. The van der Waals surface area contributed by atoms with Crippen LogP contribution in [0.15, 0.2) is 24.3 Å². The number of rotatable bonds is 4. The predicted molar refractivity (Wildman–Crippen MR) is 58.3 cm³/mol. The first-order chi connectivity index (χ1) is 6.55. The fraction of sp³-hybridized carbons (Fsp3) is 0.400. The molecule has 0 aromatic heterocycles. The third-order valence-electron chi connectivity index (χ3n) is 2.11. The van der Waals surface area contributed by atoms with Crippen LogP contribution in [0.3, 0.4) is 0 Å². The largest absolute Gasteiger partial charge is 0.441 e. The second-order valence-electron chi connectivity index (χ2n) is 3.30. The van der Waals surface area contributed by atoms with Gasteiger partial charge in [0.1, 0.15) is 0 Å². The topological polar surface area (TPSA) is 60.7 Å². The summed E-state index contributed by atoms with van der Waals surface area (Å²) in [6.45, 7) is 2.07. The summed E-state index contributed by atoms with van der Waals surface area (Å²) in [4.78, 5) is 27.6. The molecule has 0 aliphatic rings. The maximum atomic E-state index is 9.19. The molecule has 0 amide bonds. The quantitative estimate of drug-likeness (QED) is 0.665. The Morgan fingerprint density at radius 2 is 1.79 bits per heavy atom. The predicted octanol–water partition coefficient (Wildman–Crippen LogP) is 1.39. The van der Waals surface area contributed by atoms with E-state index in [0.29, 0.717) is 0 Å². The Labute approximate surface area is 84.6 Å². The molecule has 1 aromatic carbocycles. The van der Waals surface area contributed by atoms with E-state index in [2.05, 4.69) is 6.92 Å². The zero-order valence-electron chi connectivity index (χ0n) is 8.22. The zero-order valence-corrected chi connectivity index (χ0v) is 9.11. The Hall–Kier alpha value is -0.470. The highest BCUT2D eigenvalue weighted by Gasteiger charge is 2.36. The first-order valence-electron chi connectivity index (χ1n) is 4.71. The van der Waals surface area contributed by atoms with Gasteiger partial charge in [-0.3, -0.25) is 0 Å². The average Bonchev–Trinajstić information content (AvgIpc) is 2.14. The van der Waals surface area contributed by atoms with E-state index in [1.54, 1.807) is 12.1 Å². The first kappa shape index (κ1) is 11.6. The van der Waals surface area contributed by atoms with Gasteiger partial charge in [0.25, 0.3) is 0 Å². The van der Waals surface area contributed by atoms with Crippen LogP contribution in [0.1, 0.15) is 25.3 Å². The van der Waals surface area contributed by atoms with Gasteiger partial charge in [-0.25, -0.2) is 0 Å². The molecule has 0 aliphatic heterocycles. The normalized spacial score (nSPS) is 11.7. The highest BCUT2D eigenvalue weighted by atomic mass is 31.2. The molecule has 0 saturated carbocycles. The molecule has 0 unspecified atom stereocenters. The van der Waals surface area contributed by atoms with Gasteiger partial charge in [0.2, 0.25) is 0 Å². The van der Waals surface area contributed by atoms with E-state index in [1.165, 1.54) is 0 Å². The van der Waals surface area contributed by atoms with Crippen LogP contribution < -0.4 is 5.30 Å². The molecule has 3 N–H and O–H groups in total. The van der Waals surface area contributed by atoms with Gasteiger partial charge in [0, 0.05) is 5.56 Å². The van der Waals surface area contributed by atoms with Crippen LogP contribution in [-0.2, 0) is 6.42 Å². The molecule has 0 atom stereocenters. The van der Waals surface area contributed by atoms with Crippen LogP contribution in [0.25, 0.3) is 0 Å². The Balaban J connectivity index is 2.92. The fourth-order valence-electron chi connectivity index (χ4n) is 1.38. The smallest absolute Gasteiger partial charge is 0.189 e. The summed E-state index contributed by atoms with van der Waals surface area (Å²) < 4.78 is 0. The number of unbranched alkanes of at least 4 members (excludes halogenated alkanes) is 1. The summed E-state index contributed by atoms with van der Waals surface area (Å²) >= 11 is 0. The van der Waals surface area contributed by atoms with Crippen molar-refractivity contribution in [2.24, 2.45) is 0 Å². The van der Waals surface area contributed by atoms with Crippen LogP contribution in [0.2, 0.25) is 0 Å². The molecule has 0 radical (unpaired) electrons. The Morgan fingerprint density at radius 1 is 1.14 bits per heavy atom. The molecule has 4 heteroatoms. The second-order valence-corrected chi connectivity index (χ2v) is 4.92. The van der Waals surface area contributed by atoms with Crippen LogP contribution in [0.4, 0.5) is 0 Å². The Kier molecular flexibility index (Phi) is 4.02. The Bertz CT molecular complexity index is 294. The lowest BCUT2D eigenvalue weighted by molar-refractivity contribution is 0.347. The first-order valence-corrected chi connectivity index (χ1v) is 6.36. The summed E-state index contributed by atoms with van der Waals surface area (Å²) in [6.07, 6.45) is 2.80. The molecular formula is C10H16O3P+. The summed E-state index contributed by atoms with van der Waals surface area (Å²) in [5, 5.41) is 0.286. The fourth-order valence-corrected chi connectivity index (χ4v) is 2.24. The SMILES string of the molecule is CCCCc1ccccc1[P+](O)(O)O. The van der Waals surface area contributed by atoms with Gasteiger partial charge >= 0.3 is 7.94 Å². The minimum Gasteiger partial charge on any atom is -0.189 e. The number of aryl methyl sites for hydroxylation is 1. The van der Waals surface area contributed by atoms with Crippen molar-refractivity contribution in [2.75, 3.05) is 0 Å². The summed E-state index contributed by atoms with van der Waals surface area (Å²) in [6, 6.07) is 6.92. The van der Waals surface area contributed by atoms with Gasteiger partial charge in [-0.05, 0) is 18.9 Å². The van der Waals surface area contributed by atoms with E-state index in [0.717, 1.165) is 24.8 Å². The standard InChI is InChI=1S/C10H16O3P/c1-2-3-6-9-7-4-5-8-10(9)14(11,12)13/h4-5,7-8,11-13H,2-3,6H2,1H3/q+1. The van der Waals surface area contributed by atoms with E-state index < -0.39 is 7.94 Å². The summed E-state index contributed by atoms with van der Waals surface area (Å²) in [5.41, 5.74) is 0.829. The minimum atomic E-state index is -3.85. The van der Waals surface area contributed by atoms with Crippen LogP contribution >= 0.6 is 7.94 Å². The van der Waals surface area contributed by atoms with Crippen molar-refractivity contribution in [3.63, 3.8) is 0 Å². The van der Waals surface area contributed by atoms with Gasteiger partial charge < -0.3 is 0 Å². The lowest BCUT2D eigenvalue weighted by Crippen LogP contribution is -2.14. The van der Waals surface area contributed by atoms with Gasteiger partial charge in [0.15, 0.2) is 5.30 Å². The van der Waals surface area contributed by atoms with Crippen molar-refractivity contribution in [1.29, 1.82) is 0 Å². The van der Waals surface area contributed by atoms with Gasteiger partial charge in [-0.1, -0.05) is 31.5 Å². The highest BCUT2D eigenvalue weighted by Crippen LogP contribution is 2.44. The van der Waals surface area contributed by atoms with Crippen molar-refractivity contribution < 1.29 is 14.7 Å². The molecule has 3 nitrogen and oxygen atoms in total. The van der Waals surface area contributed by atoms with E-state index in [-0.39, 0.29) is 5.30 Å². The molecule has 0 spiro atoms. The third-order valence-corrected chi connectivity index (χ3v) is 3.20. The van der Waals surface area contributed by atoms with Crippen molar-refractivity contribution in [3.05, 3.63) is 29.8 Å². The maximum Gasteiger partial charge on any atom is 0.441 e. The van der Waals surface area contributed by atoms with Crippen molar-refractivity contribution in [2.45, 2.75) is 26.2 Å². The molecule has 0 aliphatic carbocycles. The molecule has 0 heterocycles. The van der Waals surface area contributed by atoms with Crippen molar-refractivity contribution in [3.8, 4) is 0 Å². The monoisotopic (exact) mass is 215 g/mol. The minimum absolute atomic E-state index is 0.286. The van der Waals surface area contributed by atoms with E-state index >= 15 is 0 Å². The van der Waals surface area contributed by atoms with Crippen LogP contribution in [0.5, 0.6) is 0 Å². The van der Waals surface area contributed by atoms with Gasteiger partial charge in [0.05, 0.1) is 0 Å². The highest BCUT2D eigenvalue weighted by molar-refractivity contribution is 7.66. The summed E-state index contributed by atoms with van der Waals surface area (Å²) in [7, 11) is -3.85. The zero-order chi connectivity index (χ0) is 10.6. The van der Waals surface area contributed by atoms with Crippen LogP contribution in [0, 0.1) is 0 Å². The average molecular weight is 215 g/mol. The molecule has 0 fully saturated rings. The molecule has 0 saturated heterocycles. The van der Waals surface area contributed by atoms with Gasteiger partial charge in [-0.15, -0.1) is 0 Å². The van der Waals surface area contributed by atoms with Gasteiger partial charge in [-0.2, -0.15) is 14.7 Å². The van der Waals surface area contributed by atoms with E-state index in [4.69, 9.17) is 0 Å². The number of hydrogen-bond acceptors (Lipinski definition) is 3. The number of benzene rings is 1. The Morgan fingerprint density at radius 3 is 2.36 bits per heavy atom. The van der Waals surface area contributed by atoms with E-state index in [9.17, 15) is 14.7 Å². The molecular weight excluding hydrogens is 199 g/mol. The molecule has 0 bridgehead atoms.